The van der Waals surface area contributed by atoms with Crippen molar-refractivity contribution in [3.63, 3.8) is 0 Å². The average Bonchev–Trinajstić information content (AvgIpc) is 3.29. The smallest absolute Gasteiger partial charge is 0.433 e. The van der Waals surface area contributed by atoms with E-state index in [-0.39, 0.29) is 30.3 Å². The van der Waals surface area contributed by atoms with E-state index in [1.54, 1.807) is 12.1 Å². The van der Waals surface area contributed by atoms with Gasteiger partial charge in [0.25, 0.3) is 5.91 Å². The Kier molecular flexibility index (Phi) is 7.97. The van der Waals surface area contributed by atoms with E-state index in [1.165, 1.54) is 35.2 Å². The maximum Gasteiger partial charge on any atom is 0.433 e. The highest BCUT2D eigenvalue weighted by Gasteiger charge is 2.32. The Morgan fingerprint density at radius 2 is 1.73 bits per heavy atom. The number of anilines is 3. The van der Waals surface area contributed by atoms with Crippen LogP contribution in [0.25, 0.3) is 16.6 Å². The standard InChI is InChI=1S/C24H22F3N9O4/c25-24(26,27)16-3-1-4-17(34-16)35-22(38)33-14-7-5-13(6-8-14)18-15(11-36-19(18)20(28)31-12-32-36)21(37)29-9-2-10-30-23(39)40/h1,3-8,11-12,30H,2,9-10H2,(H,29,37)(H,39,40)(H2,28,31,32)(H2,33,34,35,38). The predicted octanol–water partition coefficient (Wildman–Crippen LogP) is 3.42. The molecule has 40 heavy (non-hydrogen) atoms. The summed E-state index contributed by atoms with van der Waals surface area (Å²) in [5.41, 5.74) is 6.79. The summed E-state index contributed by atoms with van der Waals surface area (Å²) in [4.78, 5) is 43.3. The molecule has 3 aromatic heterocycles. The van der Waals surface area contributed by atoms with Crippen molar-refractivity contribution in [1.29, 1.82) is 0 Å². The topological polar surface area (TPSA) is 189 Å². The summed E-state index contributed by atoms with van der Waals surface area (Å²) in [5.74, 6) is -0.621. The molecule has 0 fully saturated rings. The monoisotopic (exact) mass is 557 g/mol. The Balaban J connectivity index is 1.51. The maximum absolute atomic E-state index is 13.0. The molecule has 0 bridgehead atoms. The summed E-state index contributed by atoms with van der Waals surface area (Å²) >= 11 is 0. The molecule has 0 atom stereocenters. The number of pyridine rings is 1. The molecule has 4 rings (SSSR count). The van der Waals surface area contributed by atoms with Crippen molar-refractivity contribution in [1.82, 2.24) is 30.2 Å². The van der Waals surface area contributed by atoms with Crippen LogP contribution in [0.2, 0.25) is 0 Å². The highest BCUT2D eigenvalue weighted by Crippen LogP contribution is 2.33. The van der Waals surface area contributed by atoms with Gasteiger partial charge in [0.2, 0.25) is 0 Å². The molecule has 0 aliphatic carbocycles. The Bertz CT molecular complexity index is 1560. The number of nitrogens with one attached hydrogen (secondary N) is 4. The third-order valence-corrected chi connectivity index (χ3v) is 5.47. The Hall–Kier alpha value is -5.41. The van der Waals surface area contributed by atoms with Crippen molar-refractivity contribution in [2.45, 2.75) is 12.6 Å². The first kappa shape index (κ1) is 27.6. The molecular formula is C24H22F3N9O4. The van der Waals surface area contributed by atoms with Crippen LogP contribution < -0.4 is 27.0 Å². The van der Waals surface area contributed by atoms with Gasteiger partial charge in [-0.05, 0) is 36.2 Å². The van der Waals surface area contributed by atoms with Gasteiger partial charge < -0.3 is 26.8 Å². The number of hydrogen-bond acceptors (Lipinski definition) is 7. The van der Waals surface area contributed by atoms with E-state index in [9.17, 15) is 27.6 Å². The normalized spacial score (nSPS) is 11.2. The lowest BCUT2D eigenvalue weighted by atomic mass is 10.0. The Morgan fingerprint density at radius 1 is 1.00 bits per heavy atom. The first-order chi connectivity index (χ1) is 19.0. The van der Waals surface area contributed by atoms with Crippen molar-refractivity contribution in [2.75, 3.05) is 29.5 Å². The van der Waals surface area contributed by atoms with E-state index < -0.39 is 29.9 Å². The van der Waals surface area contributed by atoms with Crippen molar-refractivity contribution < 1.29 is 32.7 Å². The number of urea groups is 1. The number of amides is 4. The highest BCUT2D eigenvalue weighted by atomic mass is 19.4. The van der Waals surface area contributed by atoms with Crippen LogP contribution in [0.15, 0.2) is 55.0 Å². The fourth-order valence-electron chi connectivity index (χ4n) is 3.74. The summed E-state index contributed by atoms with van der Waals surface area (Å²) in [6.07, 6.45) is -2.74. The molecule has 3 heterocycles. The van der Waals surface area contributed by atoms with Gasteiger partial charge >= 0.3 is 18.3 Å². The molecule has 16 heteroatoms. The van der Waals surface area contributed by atoms with Gasteiger partial charge in [-0.25, -0.2) is 24.1 Å². The lowest BCUT2D eigenvalue weighted by Crippen LogP contribution is -2.29. The average molecular weight is 557 g/mol. The molecule has 1 aromatic carbocycles. The molecule has 7 N–H and O–H groups in total. The minimum absolute atomic E-state index is 0.116. The van der Waals surface area contributed by atoms with Gasteiger partial charge in [-0.15, -0.1) is 0 Å². The number of nitrogen functional groups attached to an aromatic ring is 1. The van der Waals surface area contributed by atoms with E-state index in [0.717, 1.165) is 12.1 Å². The molecule has 0 saturated carbocycles. The molecule has 0 unspecified atom stereocenters. The van der Waals surface area contributed by atoms with Gasteiger partial charge in [-0.1, -0.05) is 18.2 Å². The summed E-state index contributed by atoms with van der Waals surface area (Å²) in [6, 6.07) is 8.58. The quantitative estimate of drug-likeness (QED) is 0.178. The molecular weight excluding hydrogens is 535 g/mol. The molecule has 4 amide bonds. The number of aromatic nitrogens is 4. The van der Waals surface area contributed by atoms with E-state index in [0.29, 0.717) is 28.8 Å². The van der Waals surface area contributed by atoms with Crippen LogP contribution in [-0.4, -0.2) is 55.8 Å². The molecule has 0 aliphatic heterocycles. The third kappa shape index (κ3) is 6.53. The van der Waals surface area contributed by atoms with Crippen LogP contribution >= 0.6 is 0 Å². The Morgan fingerprint density at radius 3 is 2.42 bits per heavy atom. The molecule has 0 spiro atoms. The molecule has 0 saturated heterocycles. The van der Waals surface area contributed by atoms with E-state index in [2.05, 4.69) is 36.3 Å². The van der Waals surface area contributed by atoms with Crippen LogP contribution in [0.5, 0.6) is 0 Å². The number of carboxylic acid groups (broad SMARTS) is 1. The maximum atomic E-state index is 13.0. The Labute approximate surface area is 223 Å². The summed E-state index contributed by atoms with van der Waals surface area (Å²) in [7, 11) is 0. The number of carbonyl (C=O) groups excluding carboxylic acids is 2. The lowest BCUT2D eigenvalue weighted by molar-refractivity contribution is -0.141. The van der Waals surface area contributed by atoms with Gasteiger partial charge in [-0.2, -0.15) is 18.3 Å². The fourth-order valence-corrected chi connectivity index (χ4v) is 3.74. The highest BCUT2D eigenvalue weighted by molar-refractivity contribution is 6.07. The number of halogens is 3. The summed E-state index contributed by atoms with van der Waals surface area (Å²) < 4.78 is 40.0. The van der Waals surface area contributed by atoms with Gasteiger partial charge in [0.05, 0.1) is 5.56 Å². The second-order valence-corrected chi connectivity index (χ2v) is 8.26. The number of rotatable bonds is 8. The van der Waals surface area contributed by atoms with E-state index in [4.69, 9.17) is 10.8 Å². The van der Waals surface area contributed by atoms with E-state index >= 15 is 0 Å². The van der Waals surface area contributed by atoms with Gasteiger partial charge in [-0.3, -0.25) is 10.1 Å². The van der Waals surface area contributed by atoms with Gasteiger partial charge in [0, 0.05) is 30.5 Å². The van der Waals surface area contributed by atoms with Crippen LogP contribution in [-0.2, 0) is 6.18 Å². The van der Waals surface area contributed by atoms with Crippen molar-refractivity contribution in [2.24, 2.45) is 0 Å². The fraction of sp³-hybridized carbons (Fsp3) is 0.167. The second kappa shape index (κ2) is 11.5. The van der Waals surface area contributed by atoms with Crippen LogP contribution in [0.1, 0.15) is 22.5 Å². The number of hydrogen-bond donors (Lipinski definition) is 6. The minimum atomic E-state index is -4.66. The predicted molar refractivity (Wildman–Crippen MR) is 138 cm³/mol. The SMILES string of the molecule is Nc1ncnn2cc(C(=O)NCCCNC(=O)O)c(-c3ccc(NC(=O)Nc4cccc(C(F)(F)F)n4)cc3)c12. The number of nitrogens with two attached hydrogens (primary N) is 1. The number of carbonyl (C=O) groups is 3. The van der Waals surface area contributed by atoms with Crippen molar-refractivity contribution >= 4 is 40.9 Å². The van der Waals surface area contributed by atoms with Crippen molar-refractivity contribution in [3.05, 3.63) is 66.2 Å². The largest absolute Gasteiger partial charge is 0.465 e. The van der Waals surface area contributed by atoms with Crippen LogP contribution in [0.4, 0.5) is 40.1 Å². The number of fused-ring (bicyclic) bond motifs is 1. The van der Waals surface area contributed by atoms with Crippen LogP contribution in [0.3, 0.4) is 0 Å². The lowest BCUT2D eigenvalue weighted by Gasteiger charge is -2.11. The molecule has 208 valence electrons. The number of nitrogens with zero attached hydrogens (tertiary/aromatic N) is 4. The third-order valence-electron chi connectivity index (χ3n) is 5.47. The molecule has 4 aromatic rings. The van der Waals surface area contributed by atoms with Gasteiger partial charge in [0.15, 0.2) is 5.82 Å². The van der Waals surface area contributed by atoms with E-state index in [1.807, 2.05) is 0 Å². The van der Waals surface area contributed by atoms with Crippen LogP contribution in [0, 0.1) is 0 Å². The zero-order valence-electron chi connectivity index (χ0n) is 20.5. The number of alkyl halides is 3. The van der Waals surface area contributed by atoms with Crippen molar-refractivity contribution in [3.8, 4) is 11.1 Å². The zero-order chi connectivity index (χ0) is 28.9. The zero-order valence-corrected chi connectivity index (χ0v) is 20.5. The second-order valence-electron chi connectivity index (χ2n) is 8.26. The first-order valence-electron chi connectivity index (χ1n) is 11.6. The molecule has 0 aliphatic rings. The molecule has 0 radical (unpaired) electrons. The summed E-state index contributed by atoms with van der Waals surface area (Å²) in [5, 5.41) is 22.4. The minimum Gasteiger partial charge on any atom is -0.465 e. The first-order valence-corrected chi connectivity index (χ1v) is 11.6. The van der Waals surface area contributed by atoms with Gasteiger partial charge in [0.1, 0.15) is 23.4 Å². The summed E-state index contributed by atoms with van der Waals surface area (Å²) in [6.45, 7) is 0.356. The number of benzene rings is 1. The molecule has 13 nitrogen and oxygen atoms in total.